The van der Waals surface area contributed by atoms with Crippen molar-refractivity contribution in [3.63, 3.8) is 0 Å². The Morgan fingerprint density at radius 2 is 2.00 bits per heavy atom. The largest absolute Gasteiger partial charge is 2.00 e. The molecule has 0 heterocycles. The zero-order valence-electron chi connectivity index (χ0n) is 5.50. The van der Waals surface area contributed by atoms with E-state index in [1.54, 1.807) is 0 Å². The fourth-order valence-corrected chi connectivity index (χ4v) is 0.562. The second-order valence-electron chi connectivity index (χ2n) is 1.41. The van der Waals surface area contributed by atoms with Crippen LogP contribution in [0.15, 0.2) is 0 Å². The van der Waals surface area contributed by atoms with E-state index in [0.717, 1.165) is 12.8 Å². The molecular weight excluding hydrogens is 167 g/mol. The van der Waals surface area contributed by atoms with E-state index in [-0.39, 0.29) is 37.7 Å². The Kier molecular flexibility index (Phi) is 14.0. The summed E-state index contributed by atoms with van der Waals surface area (Å²) < 4.78 is 4.24. The summed E-state index contributed by atoms with van der Waals surface area (Å²) in [7, 11) is -2.61. The van der Waals surface area contributed by atoms with Crippen LogP contribution in [-0.2, 0) is 4.52 Å². The van der Waals surface area contributed by atoms with Crippen molar-refractivity contribution in [3.05, 3.63) is 0 Å². The molecular formula is C4H9CaO3P. The van der Waals surface area contributed by atoms with Crippen molar-refractivity contribution < 1.29 is 14.3 Å². The van der Waals surface area contributed by atoms with Crippen molar-refractivity contribution in [2.45, 2.75) is 19.8 Å². The van der Waals surface area contributed by atoms with Crippen LogP contribution in [0.3, 0.4) is 0 Å². The van der Waals surface area contributed by atoms with Gasteiger partial charge in [0.15, 0.2) is 0 Å². The molecule has 0 aliphatic rings. The summed E-state index contributed by atoms with van der Waals surface area (Å²) in [4.78, 5) is 19.4. The second kappa shape index (κ2) is 9.57. The number of hydrogen-bond donors (Lipinski definition) is 0. The molecule has 0 fully saturated rings. The van der Waals surface area contributed by atoms with Gasteiger partial charge in [0, 0.05) is 6.61 Å². The molecule has 0 radical (unpaired) electrons. The summed E-state index contributed by atoms with van der Waals surface area (Å²) in [6, 6.07) is 0. The normalized spacial score (nSPS) is 9.33. The predicted molar refractivity (Wildman–Crippen MR) is 33.5 cm³/mol. The molecule has 0 amide bonds. The fraction of sp³-hybridized carbons (Fsp3) is 1.00. The average molecular weight is 176 g/mol. The Morgan fingerprint density at radius 1 is 1.44 bits per heavy atom. The third-order valence-electron chi connectivity index (χ3n) is 0.695. The van der Waals surface area contributed by atoms with Gasteiger partial charge in [-0.1, -0.05) is 13.3 Å². The Labute approximate surface area is 86.4 Å². The van der Waals surface area contributed by atoms with Gasteiger partial charge in [0.25, 0.3) is 0 Å². The molecule has 0 spiro atoms. The number of rotatable bonds is 4. The second-order valence-corrected chi connectivity index (χ2v) is 2.12. The van der Waals surface area contributed by atoms with Crippen LogP contribution in [0, 0.1) is 0 Å². The Hall–Kier alpha value is 1.57. The summed E-state index contributed by atoms with van der Waals surface area (Å²) in [5.41, 5.74) is 0. The maximum atomic E-state index is 9.69. The predicted octanol–water partition coefficient (Wildman–Crippen LogP) is -0.630. The van der Waals surface area contributed by atoms with Gasteiger partial charge in [-0.05, 0) is 6.42 Å². The molecule has 50 valence electrons. The van der Waals surface area contributed by atoms with Crippen molar-refractivity contribution in [3.8, 4) is 0 Å². The molecule has 0 bridgehead atoms. The van der Waals surface area contributed by atoms with Crippen molar-refractivity contribution in [2.75, 3.05) is 6.61 Å². The van der Waals surface area contributed by atoms with Crippen LogP contribution in [0.1, 0.15) is 19.8 Å². The number of hydrogen-bond acceptors (Lipinski definition) is 3. The average Bonchev–Trinajstić information content (AvgIpc) is 1.66. The molecule has 0 saturated carbocycles. The van der Waals surface area contributed by atoms with E-state index in [1.807, 2.05) is 6.92 Å². The minimum Gasteiger partial charge on any atom is -0.820 e. The van der Waals surface area contributed by atoms with Gasteiger partial charge in [0.2, 0.25) is 0 Å². The molecule has 0 aromatic rings. The van der Waals surface area contributed by atoms with Gasteiger partial charge in [-0.15, -0.1) is 0 Å². The van der Waals surface area contributed by atoms with E-state index in [4.69, 9.17) is 0 Å². The maximum Gasteiger partial charge on any atom is 2.00 e. The van der Waals surface area contributed by atoms with Crippen LogP contribution in [0.5, 0.6) is 0 Å². The SMILES string of the molecule is CCCCOP([O-])[O-].[Ca+2]. The minimum atomic E-state index is -2.61. The molecule has 0 N–H and O–H groups in total. The van der Waals surface area contributed by atoms with Crippen molar-refractivity contribution in [1.82, 2.24) is 0 Å². The summed E-state index contributed by atoms with van der Waals surface area (Å²) in [5, 5.41) is 0. The van der Waals surface area contributed by atoms with E-state index >= 15 is 0 Å². The Balaban J connectivity index is 0. The van der Waals surface area contributed by atoms with Gasteiger partial charge in [-0.3, -0.25) is 0 Å². The Morgan fingerprint density at radius 3 is 2.33 bits per heavy atom. The molecule has 3 nitrogen and oxygen atoms in total. The van der Waals surface area contributed by atoms with E-state index in [1.165, 1.54) is 0 Å². The molecule has 0 aromatic carbocycles. The van der Waals surface area contributed by atoms with Gasteiger partial charge in [-0.2, -0.15) is 8.60 Å². The van der Waals surface area contributed by atoms with E-state index in [9.17, 15) is 9.79 Å². The summed E-state index contributed by atoms with van der Waals surface area (Å²) >= 11 is 0. The van der Waals surface area contributed by atoms with Gasteiger partial charge in [0.1, 0.15) is 0 Å². The topological polar surface area (TPSA) is 55.3 Å². The maximum absolute atomic E-state index is 9.69. The zero-order valence-corrected chi connectivity index (χ0v) is 8.60. The monoisotopic (exact) mass is 176 g/mol. The van der Waals surface area contributed by atoms with E-state index in [0.29, 0.717) is 6.61 Å². The Bertz CT molecular complexity index is 53.1. The van der Waals surface area contributed by atoms with Crippen molar-refractivity contribution >= 4 is 46.3 Å². The fourth-order valence-electron chi connectivity index (χ4n) is 0.283. The van der Waals surface area contributed by atoms with Gasteiger partial charge >= 0.3 is 37.7 Å². The van der Waals surface area contributed by atoms with Gasteiger partial charge in [-0.25, -0.2) is 0 Å². The first kappa shape index (κ1) is 13.2. The third-order valence-corrected chi connectivity index (χ3v) is 1.09. The van der Waals surface area contributed by atoms with Crippen LogP contribution in [0.2, 0.25) is 0 Å². The van der Waals surface area contributed by atoms with E-state index in [2.05, 4.69) is 4.52 Å². The standard InChI is InChI=1S/C4H9O3P.Ca/c1-2-3-4-7-8(5)6;/h2-4H2,1H3;/q-2;+2. The first-order valence-electron chi connectivity index (χ1n) is 2.54. The molecule has 0 unspecified atom stereocenters. The summed E-state index contributed by atoms with van der Waals surface area (Å²) in [6.07, 6.45) is 1.77. The molecule has 0 aliphatic heterocycles. The summed E-state index contributed by atoms with van der Waals surface area (Å²) in [6.45, 7) is 2.30. The number of unbranched alkanes of at least 4 members (excludes halogenated alkanes) is 1. The zero-order chi connectivity index (χ0) is 6.41. The first-order chi connectivity index (χ1) is 3.77. The molecule has 0 aliphatic carbocycles. The van der Waals surface area contributed by atoms with Crippen LogP contribution < -0.4 is 9.79 Å². The third kappa shape index (κ3) is 12.7. The molecule has 0 atom stereocenters. The van der Waals surface area contributed by atoms with E-state index < -0.39 is 8.60 Å². The smallest absolute Gasteiger partial charge is 0.820 e. The quantitative estimate of drug-likeness (QED) is 0.325. The summed E-state index contributed by atoms with van der Waals surface area (Å²) in [5.74, 6) is 0. The molecule has 5 heteroatoms. The van der Waals surface area contributed by atoms with Crippen LogP contribution in [0.4, 0.5) is 0 Å². The molecule has 0 aromatic heterocycles. The molecule has 0 rings (SSSR count). The van der Waals surface area contributed by atoms with Crippen LogP contribution in [0.25, 0.3) is 0 Å². The van der Waals surface area contributed by atoms with Crippen molar-refractivity contribution in [1.29, 1.82) is 0 Å². The first-order valence-corrected chi connectivity index (χ1v) is 3.64. The van der Waals surface area contributed by atoms with Crippen molar-refractivity contribution in [2.24, 2.45) is 0 Å². The van der Waals surface area contributed by atoms with Gasteiger partial charge in [0.05, 0.1) is 0 Å². The van der Waals surface area contributed by atoms with Crippen LogP contribution in [-0.4, -0.2) is 44.3 Å². The van der Waals surface area contributed by atoms with Gasteiger partial charge < -0.3 is 14.3 Å². The molecule has 9 heavy (non-hydrogen) atoms. The molecule has 0 saturated heterocycles. The van der Waals surface area contributed by atoms with Crippen LogP contribution >= 0.6 is 8.60 Å². The minimum absolute atomic E-state index is 0.